The number of hydrogen-bond donors (Lipinski definition) is 1. The lowest BCUT2D eigenvalue weighted by Gasteiger charge is -2.28. The molecule has 0 aromatic carbocycles. The van der Waals surface area contributed by atoms with E-state index < -0.39 is 17.6 Å². The van der Waals surface area contributed by atoms with Gasteiger partial charge in [-0.1, -0.05) is 0 Å². The molecule has 1 aromatic rings. The molecule has 1 N–H and O–H groups in total. The zero-order valence-corrected chi connectivity index (χ0v) is 7.93. The molecule has 2 heterocycles. The van der Waals surface area contributed by atoms with Crippen molar-refractivity contribution in [1.29, 1.82) is 0 Å². The Kier molecular flexibility index (Phi) is 2.77. The number of nitrogens with one attached hydrogen (secondary N) is 1. The summed E-state index contributed by atoms with van der Waals surface area (Å²) in [6, 6.07) is 0.527. The lowest BCUT2D eigenvalue weighted by atomic mass is 10.3. The minimum Gasteiger partial charge on any atom is -0.352 e. The second-order valence-electron chi connectivity index (χ2n) is 3.30. The molecule has 0 unspecified atom stereocenters. The first kappa shape index (κ1) is 10.2. The van der Waals surface area contributed by atoms with Crippen molar-refractivity contribution < 1.29 is 13.2 Å². The molecular weight excluding hydrogens is 207 g/mol. The second kappa shape index (κ2) is 4.06. The summed E-state index contributed by atoms with van der Waals surface area (Å²) in [6.45, 7) is 2.43. The van der Waals surface area contributed by atoms with Gasteiger partial charge in [-0.3, -0.25) is 0 Å². The molecule has 0 bridgehead atoms. The third-order valence-corrected chi connectivity index (χ3v) is 2.28. The quantitative estimate of drug-likeness (QED) is 0.709. The summed E-state index contributed by atoms with van der Waals surface area (Å²) in [5.41, 5.74) is 0. The normalized spacial score (nSPS) is 16.9. The van der Waals surface area contributed by atoms with Crippen molar-refractivity contribution in [3.8, 4) is 0 Å². The maximum atomic E-state index is 13.3. The highest BCUT2D eigenvalue weighted by Crippen LogP contribution is 2.18. The van der Waals surface area contributed by atoms with Crippen molar-refractivity contribution in [2.24, 2.45) is 0 Å². The lowest BCUT2D eigenvalue weighted by molar-refractivity contribution is 0.459. The van der Waals surface area contributed by atoms with E-state index in [9.17, 15) is 13.2 Å². The van der Waals surface area contributed by atoms with E-state index in [1.165, 1.54) is 0 Å². The van der Waals surface area contributed by atoms with Gasteiger partial charge in [0.05, 0.1) is 0 Å². The van der Waals surface area contributed by atoms with Gasteiger partial charge in [-0.15, -0.1) is 0 Å². The van der Waals surface area contributed by atoms with Crippen LogP contribution < -0.4 is 10.2 Å². The van der Waals surface area contributed by atoms with E-state index in [1.807, 2.05) is 0 Å². The third kappa shape index (κ3) is 2.04. The Morgan fingerprint density at radius 2 is 1.80 bits per heavy atom. The lowest BCUT2D eigenvalue weighted by Crippen LogP contribution is -2.44. The van der Waals surface area contributed by atoms with E-state index >= 15 is 0 Å². The molecule has 1 aliphatic rings. The molecule has 0 radical (unpaired) electrons. The Morgan fingerprint density at radius 3 is 2.47 bits per heavy atom. The van der Waals surface area contributed by atoms with Crippen LogP contribution in [-0.4, -0.2) is 31.2 Å². The van der Waals surface area contributed by atoms with Crippen LogP contribution in [0, 0.1) is 17.6 Å². The molecule has 1 saturated heterocycles. The Morgan fingerprint density at radius 1 is 1.13 bits per heavy atom. The highest BCUT2D eigenvalue weighted by atomic mass is 19.2. The minimum absolute atomic E-state index is 0.115. The number of halogens is 3. The van der Waals surface area contributed by atoms with Crippen molar-refractivity contribution in [2.45, 2.75) is 0 Å². The summed E-state index contributed by atoms with van der Waals surface area (Å²) in [7, 11) is 0. The first-order valence-corrected chi connectivity index (χ1v) is 4.65. The fourth-order valence-corrected chi connectivity index (χ4v) is 1.53. The number of hydrogen-bond acceptors (Lipinski definition) is 3. The molecule has 6 heteroatoms. The first-order chi connectivity index (χ1) is 7.18. The number of pyridine rings is 1. The van der Waals surface area contributed by atoms with E-state index in [2.05, 4.69) is 10.3 Å². The van der Waals surface area contributed by atoms with E-state index in [1.54, 1.807) is 4.90 Å². The van der Waals surface area contributed by atoms with Gasteiger partial charge in [0.15, 0.2) is 17.5 Å². The van der Waals surface area contributed by atoms with E-state index in [4.69, 9.17) is 0 Å². The van der Waals surface area contributed by atoms with Gasteiger partial charge >= 0.3 is 0 Å². The Balaban J connectivity index is 2.30. The van der Waals surface area contributed by atoms with Gasteiger partial charge < -0.3 is 10.2 Å². The zero-order valence-electron chi connectivity index (χ0n) is 7.93. The summed E-state index contributed by atoms with van der Waals surface area (Å²) in [6.07, 6.45) is 0. The Hall–Kier alpha value is -1.30. The van der Waals surface area contributed by atoms with Gasteiger partial charge in [0.2, 0.25) is 0 Å². The third-order valence-electron chi connectivity index (χ3n) is 2.28. The molecule has 1 fully saturated rings. The van der Waals surface area contributed by atoms with E-state index in [0.717, 1.165) is 0 Å². The summed E-state index contributed by atoms with van der Waals surface area (Å²) < 4.78 is 38.7. The molecule has 0 atom stereocenters. The highest BCUT2D eigenvalue weighted by molar-refractivity contribution is 5.40. The average Bonchev–Trinajstić information content (AvgIpc) is 2.25. The molecule has 1 aliphatic heterocycles. The van der Waals surface area contributed by atoms with Crippen molar-refractivity contribution in [3.63, 3.8) is 0 Å². The number of piperazine rings is 1. The molecule has 0 saturated carbocycles. The summed E-state index contributed by atoms with van der Waals surface area (Å²) in [5, 5.41) is 3.07. The predicted octanol–water partition coefficient (Wildman–Crippen LogP) is 0.908. The number of rotatable bonds is 1. The fraction of sp³-hybridized carbons (Fsp3) is 0.444. The van der Waals surface area contributed by atoms with Crippen molar-refractivity contribution in [2.75, 3.05) is 31.1 Å². The van der Waals surface area contributed by atoms with Gasteiger partial charge in [0.25, 0.3) is 5.95 Å². The first-order valence-electron chi connectivity index (χ1n) is 4.65. The van der Waals surface area contributed by atoms with Crippen molar-refractivity contribution in [3.05, 3.63) is 23.6 Å². The van der Waals surface area contributed by atoms with Gasteiger partial charge in [-0.05, 0) is 0 Å². The molecule has 0 aliphatic carbocycles. The fourth-order valence-electron chi connectivity index (χ4n) is 1.53. The van der Waals surface area contributed by atoms with Crippen LogP contribution in [0.4, 0.5) is 19.0 Å². The molecular formula is C9H10F3N3. The van der Waals surface area contributed by atoms with Crippen LogP contribution in [0.5, 0.6) is 0 Å². The van der Waals surface area contributed by atoms with Crippen molar-refractivity contribution >= 4 is 5.82 Å². The highest BCUT2D eigenvalue weighted by Gasteiger charge is 2.18. The van der Waals surface area contributed by atoms with Crippen LogP contribution in [0.3, 0.4) is 0 Å². The number of aromatic nitrogens is 1. The topological polar surface area (TPSA) is 28.2 Å². The smallest absolute Gasteiger partial charge is 0.251 e. The summed E-state index contributed by atoms with van der Waals surface area (Å²) in [5.74, 6) is -3.46. The van der Waals surface area contributed by atoms with Crippen molar-refractivity contribution in [1.82, 2.24) is 10.3 Å². The summed E-state index contributed by atoms with van der Waals surface area (Å²) >= 11 is 0. The standard InChI is InChI=1S/C9H10F3N3/c10-6-5-7(11)9(14-8(6)12)15-3-1-13-2-4-15/h5,13H,1-4H2. The van der Waals surface area contributed by atoms with Crippen LogP contribution >= 0.6 is 0 Å². The van der Waals surface area contributed by atoms with E-state index in [-0.39, 0.29) is 5.82 Å². The van der Waals surface area contributed by atoms with Crippen LogP contribution in [0.1, 0.15) is 0 Å². The SMILES string of the molecule is Fc1cc(F)c(N2CCNCC2)nc1F. The molecule has 0 amide bonds. The Bertz CT molecular complexity index is 364. The average molecular weight is 217 g/mol. The molecule has 15 heavy (non-hydrogen) atoms. The van der Waals surface area contributed by atoms with Gasteiger partial charge in [0.1, 0.15) is 0 Å². The van der Waals surface area contributed by atoms with Gasteiger partial charge in [-0.25, -0.2) is 8.78 Å². The predicted molar refractivity (Wildman–Crippen MR) is 49.2 cm³/mol. The van der Waals surface area contributed by atoms with E-state index in [0.29, 0.717) is 32.2 Å². The largest absolute Gasteiger partial charge is 0.352 e. The monoisotopic (exact) mass is 217 g/mol. The maximum Gasteiger partial charge on any atom is 0.251 e. The summed E-state index contributed by atoms with van der Waals surface area (Å²) in [4.78, 5) is 4.87. The number of anilines is 1. The van der Waals surface area contributed by atoms with Crippen LogP contribution in [0.25, 0.3) is 0 Å². The molecule has 3 nitrogen and oxygen atoms in total. The minimum atomic E-state index is -1.26. The molecule has 2 rings (SSSR count). The molecule has 82 valence electrons. The maximum absolute atomic E-state index is 13.3. The van der Waals surface area contributed by atoms with Crippen LogP contribution in [-0.2, 0) is 0 Å². The van der Waals surface area contributed by atoms with Crippen LogP contribution in [0.2, 0.25) is 0 Å². The molecule has 1 aromatic heterocycles. The van der Waals surface area contributed by atoms with Gasteiger partial charge in [0, 0.05) is 32.2 Å². The van der Waals surface area contributed by atoms with Crippen LogP contribution in [0.15, 0.2) is 6.07 Å². The second-order valence-corrected chi connectivity index (χ2v) is 3.30. The molecule has 0 spiro atoms. The number of nitrogens with zero attached hydrogens (tertiary/aromatic N) is 2. The zero-order chi connectivity index (χ0) is 10.8. The Labute approximate surface area is 84.9 Å². The van der Waals surface area contributed by atoms with Gasteiger partial charge in [-0.2, -0.15) is 9.37 Å².